The summed E-state index contributed by atoms with van der Waals surface area (Å²) >= 11 is 0. The van der Waals surface area contributed by atoms with Gasteiger partial charge >= 0.3 is 11.9 Å². The normalized spacial score (nSPS) is 17.3. The van der Waals surface area contributed by atoms with Crippen LogP contribution in [0.4, 0.5) is 11.4 Å². The molecule has 0 atom stereocenters. The van der Waals surface area contributed by atoms with Crippen molar-refractivity contribution in [3.05, 3.63) is 77.9 Å². The van der Waals surface area contributed by atoms with Crippen LogP contribution in [0, 0.1) is 5.92 Å². The van der Waals surface area contributed by atoms with E-state index >= 15 is 0 Å². The number of nitrogens with two attached hydrogens (primary N) is 2. The van der Waals surface area contributed by atoms with Crippen LogP contribution in [0.1, 0.15) is 85.7 Å². The van der Waals surface area contributed by atoms with Crippen molar-refractivity contribution in [2.45, 2.75) is 76.7 Å². The van der Waals surface area contributed by atoms with E-state index < -0.39 is 5.97 Å². The van der Waals surface area contributed by atoms with Gasteiger partial charge in [-0.05, 0) is 85.9 Å². The number of ether oxygens (including phenoxy) is 2. The van der Waals surface area contributed by atoms with Crippen LogP contribution in [0.15, 0.2) is 61.2 Å². The average molecular weight is 519 g/mol. The lowest BCUT2D eigenvalue weighted by Gasteiger charge is -2.28. The van der Waals surface area contributed by atoms with Crippen molar-refractivity contribution in [2.75, 3.05) is 18.1 Å². The summed E-state index contributed by atoms with van der Waals surface area (Å²) in [4.78, 5) is 24.6. The van der Waals surface area contributed by atoms with Crippen LogP contribution < -0.4 is 11.5 Å². The van der Waals surface area contributed by atoms with Crippen molar-refractivity contribution in [1.29, 1.82) is 0 Å². The van der Waals surface area contributed by atoms with Crippen molar-refractivity contribution in [2.24, 2.45) is 5.92 Å². The second-order valence-electron chi connectivity index (χ2n) is 10.2. The summed E-state index contributed by atoms with van der Waals surface area (Å²) in [6, 6.07) is 12.3. The van der Waals surface area contributed by atoms with E-state index in [0.29, 0.717) is 23.4 Å². The van der Waals surface area contributed by atoms with Crippen LogP contribution in [-0.2, 0) is 20.7 Å². The number of carbonyl (C=O) groups is 2. The van der Waals surface area contributed by atoms with Crippen LogP contribution >= 0.6 is 0 Å². The van der Waals surface area contributed by atoms with E-state index in [1.807, 2.05) is 12.1 Å². The molecule has 2 aromatic rings. The topological polar surface area (TPSA) is 105 Å². The quantitative estimate of drug-likeness (QED) is 0.0927. The Balaban J connectivity index is 1.33. The van der Waals surface area contributed by atoms with Gasteiger partial charge in [0.05, 0.1) is 12.2 Å². The third kappa shape index (κ3) is 10.1. The van der Waals surface area contributed by atoms with Crippen LogP contribution in [0.5, 0.6) is 0 Å². The second kappa shape index (κ2) is 15.7. The molecule has 0 radical (unpaired) electrons. The predicted octanol–water partition coefficient (Wildman–Crippen LogP) is 6.89. The number of benzene rings is 2. The minimum atomic E-state index is -0.439. The third-order valence-electron chi connectivity index (χ3n) is 7.18. The molecule has 4 N–H and O–H groups in total. The molecule has 0 unspecified atom stereocenters. The number of esters is 2. The molecule has 2 aromatic carbocycles. The van der Waals surface area contributed by atoms with E-state index in [1.165, 1.54) is 38.2 Å². The maximum Gasteiger partial charge on any atom is 0.338 e. The standard InChI is InChI=1S/C32H42N2O4/c1-2-3-4-5-6-7-8-24-11-18-29(19-12-24)38-32(36)27-14-9-25(10-15-27)13-20-31(35)37-22-21-26-16-17-28(33)23-30(26)34/h2,9-10,13-17,20,23-24,29H,1,3-8,11-12,18-19,21-22,33-34H2/b20-13+. The van der Waals surface area contributed by atoms with Gasteiger partial charge in [-0.15, -0.1) is 6.58 Å². The molecule has 204 valence electrons. The molecule has 1 aliphatic carbocycles. The number of anilines is 2. The Bertz CT molecular complexity index is 1070. The van der Waals surface area contributed by atoms with Crippen LogP contribution in [0.25, 0.3) is 6.08 Å². The predicted molar refractivity (Wildman–Crippen MR) is 154 cm³/mol. The SMILES string of the molecule is C=CCCCCCCC1CCC(OC(=O)c2ccc(/C=C/C(=O)OCCc3ccc(N)cc3N)cc2)CC1. The van der Waals surface area contributed by atoms with Crippen molar-refractivity contribution in [1.82, 2.24) is 0 Å². The van der Waals surface area contributed by atoms with Gasteiger partial charge in [0.15, 0.2) is 0 Å². The molecule has 0 aliphatic heterocycles. The van der Waals surface area contributed by atoms with E-state index in [9.17, 15) is 9.59 Å². The van der Waals surface area contributed by atoms with E-state index in [2.05, 4.69) is 6.58 Å². The molecule has 1 saturated carbocycles. The molecule has 3 rings (SSSR count). The Morgan fingerprint density at radius 2 is 1.68 bits per heavy atom. The fourth-order valence-corrected chi connectivity index (χ4v) is 4.88. The Morgan fingerprint density at radius 3 is 2.39 bits per heavy atom. The van der Waals surface area contributed by atoms with Crippen molar-refractivity contribution in [3.63, 3.8) is 0 Å². The summed E-state index contributed by atoms with van der Waals surface area (Å²) in [6.45, 7) is 4.00. The van der Waals surface area contributed by atoms with Gasteiger partial charge in [-0.2, -0.15) is 0 Å². The Hall–Kier alpha value is -3.54. The number of allylic oxidation sites excluding steroid dienone is 1. The first-order valence-corrected chi connectivity index (χ1v) is 13.8. The summed E-state index contributed by atoms with van der Waals surface area (Å²) in [7, 11) is 0. The maximum absolute atomic E-state index is 12.6. The zero-order chi connectivity index (χ0) is 27.2. The third-order valence-corrected chi connectivity index (χ3v) is 7.18. The molecule has 0 heterocycles. The van der Waals surface area contributed by atoms with Gasteiger partial charge < -0.3 is 20.9 Å². The number of unbranched alkanes of at least 4 members (excludes halogenated alkanes) is 4. The minimum Gasteiger partial charge on any atom is -0.462 e. The van der Waals surface area contributed by atoms with Crippen LogP contribution in [0.2, 0.25) is 0 Å². The molecule has 6 nitrogen and oxygen atoms in total. The molecule has 0 aromatic heterocycles. The van der Waals surface area contributed by atoms with E-state index in [4.69, 9.17) is 20.9 Å². The molecule has 0 spiro atoms. The fourth-order valence-electron chi connectivity index (χ4n) is 4.88. The molecule has 0 saturated heterocycles. The largest absolute Gasteiger partial charge is 0.462 e. The first-order valence-electron chi connectivity index (χ1n) is 13.8. The highest BCUT2D eigenvalue weighted by molar-refractivity contribution is 5.90. The van der Waals surface area contributed by atoms with Gasteiger partial charge in [0.25, 0.3) is 0 Å². The summed E-state index contributed by atoms with van der Waals surface area (Å²) in [5.41, 5.74) is 15.0. The molecule has 1 aliphatic rings. The molecule has 38 heavy (non-hydrogen) atoms. The lowest BCUT2D eigenvalue weighted by Crippen LogP contribution is -2.24. The van der Waals surface area contributed by atoms with Crippen LogP contribution in [0.3, 0.4) is 0 Å². The highest BCUT2D eigenvalue weighted by Gasteiger charge is 2.24. The van der Waals surface area contributed by atoms with Gasteiger partial charge in [-0.25, -0.2) is 9.59 Å². The van der Waals surface area contributed by atoms with Crippen molar-refractivity contribution >= 4 is 29.4 Å². The zero-order valence-corrected chi connectivity index (χ0v) is 22.4. The Morgan fingerprint density at radius 1 is 0.947 bits per heavy atom. The Kier molecular flexibility index (Phi) is 12.0. The van der Waals surface area contributed by atoms with Gasteiger partial charge in [0, 0.05) is 23.9 Å². The zero-order valence-electron chi connectivity index (χ0n) is 22.4. The summed E-state index contributed by atoms with van der Waals surface area (Å²) in [5, 5.41) is 0. The maximum atomic E-state index is 12.6. The van der Waals surface area contributed by atoms with Crippen molar-refractivity contribution < 1.29 is 19.1 Å². The van der Waals surface area contributed by atoms with Gasteiger partial charge in [0.2, 0.25) is 0 Å². The molecular formula is C32H42N2O4. The lowest BCUT2D eigenvalue weighted by atomic mass is 9.84. The number of hydrogen-bond donors (Lipinski definition) is 2. The van der Waals surface area contributed by atoms with E-state index in [-0.39, 0.29) is 18.7 Å². The molecule has 0 bridgehead atoms. The molecule has 0 amide bonds. The van der Waals surface area contributed by atoms with E-state index in [0.717, 1.165) is 49.1 Å². The van der Waals surface area contributed by atoms with Crippen LogP contribution in [-0.4, -0.2) is 24.6 Å². The Labute approximate surface area is 227 Å². The second-order valence-corrected chi connectivity index (χ2v) is 10.2. The minimum absolute atomic E-state index is 0.00396. The summed E-state index contributed by atoms with van der Waals surface area (Å²) in [6.07, 6.45) is 17.3. The van der Waals surface area contributed by atoms with E-state index in [1.54, 1.807) is 42.5 Å². The first-order chi connectivity index (χ1) is 18.4. The summed E-state index contributed by atoms with van der Waals surface area (Å²) < 4.78 is 11.0. The highest BCUT2D eigenvalue weighted by Crippen LogP contribution is 2.30. The number of rotatable bonds is 14. The number of hydrogen-bond acceptors (Lipinski definition) is 6. The molecular weight excluding hydrogens is 476 g/mol. The fraction of sp³-hybridized carbons (Fsp3) is 0.438. The molecule has 6 heteroatoms. The lowest BCUT2D eigenvalue weighted by molar-refractivity contribution is -0.137. The summed E-state index contributed by atoms with van der Waals surface area (Å²) in [5.74, 6) is 0.0382. The molecule has 1 fully saturated rings. The highest BCUT2D eigenvalue weighted by atomic mass is 16.5. The van der Waals surface area contributed by atoms with Gasteiger partial charge in [-0.1, -0.05) is 50.0 Å². The monoisotopic (exact) mass is 518 g/mol. The number of nitrogen functional groups attached to an aromatic ring is 2. The first kappa shape index (κ1) is 29.0. The van der Waals surface area contributed by atoms with Gasteiger partial charge in [-0.3, -0.25) is 0 Å². The average Bonchev–Trinajstić information content (AvgIpc) is 2.92. The number of carbonyl (C=O) groups excluding carboxylic acids is 2. The van der Waals surface area contributed by atoms with Gasteiger partial charge in [0.1, 0.15) is 6.10 Å². The van der Waals surface area contributed by atoms with Crippen molar-refractivity contribution in [3.8, 4) is 0 Å². The smallest absolute Gasteiger partial charge is 0.338 e.